The number of anilines is 1. The van der Waals surface area contributed by atoms with Crippen molar-refractivity contribution in [3.8, 4) is 11.3 Å². The van der Waals surface area contributed by atoms with Crippen LogP contribution in [0.5, 0.6) is 0 Å². The smallest absolute Gasteiger partial charge is 0.321 e. The van der Waals surface area contributed by atoms with Crippen LogP contribution in [0, 0.1) is 0 Å². The molecular formula is C19H23B2BrN4O5S. The maximum atomic E-state index is 13.3. The van der Waals surface area contributed by atoms with Gasteiger partial charge in [0.05, 0.1) is 15.1 Å². The van der Waals surface area contributed by atoms with Gasteiger partial charge in [-0.2, -0.15) is 4.31 Å². The number of benzene rings is 1. The molecule has 2 N–H and O–H groups in total. The lowest BCUT2D eigenvalue weighted by atomic mass is 9.57. The Morgan fingerprint density at radius 2 is 2.06 bits per heavy atom. The van der Waals surface area contributed by atoms with Gasteiger partial charge in [-0.25, -0.2) is 18.4 Å². The Balaban J connectivity index is 1.74. The maximum Gasteiger partial charge on any atom is 0.321 e. The number of halogens is 1. The molecule has 0 spiro atoms. The van der Waals surface area contributed by atoms with Crippen molar-refractivity contribution >= 4 is 53.6 Å². The predicted molar refractivity (Wildman–Crippen MR) is 128 cm³/mol. The third-order valence-corrected chi connectivity index (χ3v) is 8.77. The van der Waals surface area contributed by atoms with E-state index in [2.05, 4.69) is 31.2 Å². The van der Waals surface area contributed by atoms with Crippen LogP contribution >= 0.6 is 15.9 Å². The molecule has 0 amide bonds. The van der Waals surface area contributed by atoms with E-state index in [4.69, 9.17) is 4.74 Å². The van der Waals surface area contributed by atoms with Gasteiger partial charge in [0.1, 0.15) is 21.7 Å². The van der Waals surface area contributed by atoms with Crippen molar-refractivity contribution in [2.24, 2.45) is 0 Å². The number of nitrogens with zero attached hydrogens (tertiary/aromatic N) is 3. The van der Waals surface area contributed by atoms with E-state index in [-0.39, 0.29) is 10.9 Å². The Morgan fingerprint density at radius 3 is 2.72 bits per heavy atom. The average Bonchev–Trinajstić information content (AvgIpc) is 2.90. The second kappa shape index (κ2) is 8.44. The summed E-state index contributed by atoms with van der Waals surface area (Å²) in [4.78, 5) is 20.6. The number of carbonyl (C=O) groups is 1. The largest absolute Gasteiger partial charge is 0.480 e. The number of nitrogens with one attached hydrogen (secondary N) is 1. The molecule has 1 atom stereocenters. The number of carboxylic acids is 1. The number of aliphatic carboxylic acids is 1. The minimum Gasteiger partial charge on any atom is -0.480 e. The van der Waals surface area contributed by atoms with Gasteiger partial charge in [0.15, 0.2) is 0 Å². The van der Waals surface area contributed by atoms with Gasteiger partial charge in [0.25, 0.3) is 0 Å². The van der Waals surface area contributed by atoms with Gasteiger partial charge >= 0.3 is 5.97 Å². The van der Waals surface area contributed by atoms with Crippen LogP contribution in [-0.4, -0.2) is 74.8 Å². The van der Waals surface area contributed by atoms with Gasteiger partial charge in [-0.3, -0.25) is 4.79 Å². The van der Waals surface area contributed by atoms with Crippen LogP contribution in [0.4, 0.5) is 5.95 Å². The minimum absolute atomic E-state index is 0.0950. The SMILES string of the molecule is BC1(B)c2ccc(-c3nc(NC4CCOCC4)ncc3Br)cc2S(=O)(=O)N1[C@H](C)C(=O)O. The quantitative estimate of drug-likeness (QED) is 0.542. The molecule has 1 aromatic heterocycles. The summed E-state index contributed by atoms with van der Waals surface area (Å²) < 4.78 is 33.7. The van der Waals surface area contributed by atoms with E-state index in [9.17, 15) is 18.3 Å². The first-order valence-corrected chi connectivity index (χ1v) is 12.6. The Hall–Kier alpha value is -1.95. The molecular weight excluding hydrogens is 498 g/mol. The molecule has 1 aromatic carbocycles. The summed E-state index contributed by atoms with van der Waals surface area (Å²) in [6.07, 6.45) is 3.35. The van der Waals surface area contributed by atoms with Crippen molar-refractivity contribution in [1.82, 2.24) is 14.3 Å². The van der Waals surface area contributed by atoms with E-state index < -0.39 is 27.4 Å². The first-order chi connectivity index (χ1) is 15.0. The minimum atomic E-state index is -4.01. The lowest BCUT2D eigenvalue weighted by Gasteiger charge is -2.33. The molecule has 0 saturated carbocycles. The number of hydrogen-bond donors (Lipinski definition) is 2. The highest BCUT2D eigenvalue weighted by atomic mass is 79.9. The molecule has 9 nitrogen and oxygen atoms in total. The van der Waals surface area contributed by atoms with Crippen molar-refractivity contribution in [2.75, 3.05) is 18.5 Å². The third-order valence-electron chi connectivity index (χ3n) is 6.01. The van der Waals surface area contributed by atoms with Crippen LogP contribution in [0.3, 0.4) is 0 Å². The molecule has 0 aliphatic carbocycles. The molecule has 3 heterocycles. The van der Waals surface area contributed by atoms with Crippen LogP contribution in [0.15, 0.2) is 33.8 Å². The lowest BCUT2D eigenvalue weighted by Crippen LogP contribution is -2.52. The van der Waals surface area contributed by atoms with Gasteiger partial charge in [-0.1, -0.05) is 12.1 Å². The predicted octanol–water partition coefficient (Wildman–Crippen LogP) is 0.351. The van der Waals surface area contributed by atoms with E-state index in [1.165, 1.54) is 6.92 Å². The van der Waals surface area contributed by atoms with Crippen LogP contribution in [0.1, 0.15) is 25.3 Å². The number of aromatic nitrogens is 2. The normalized spacial score (nSPS) is 21.1. The number of carboxylic acid groups (broad SMARTS) is 1. The van der Waals surface area contributed by atoms with Gasteiger partial charge < -0.3 is 15.2 Å². The van der Waals surface area contributed by atoms with Crippen LogP contribution in [0.2, 0.25) is 0 Å². The fraction of sp³-hybridized carbons (Fsp3) is 0.421. The Labute approximate surface area is 197 Å². The van der Waals surface area contributed by atoms with Gasteiger partial charge in [0, 0.05) is 36.4 Å². The summed E-state index contributed by atoms with van der Waals surface area (Å²) in [6, 6.07) is 4.11. The summed E-state index contributed by atoms with van der Waals surface area (Å²) in [5, 5.41) is 11.8. The number of ether oxygens (including phenoxy) is 1. The fourth-order valence-corrected chi connectivity index (χ4v) is 7.08. The standard InChI is InChI=1S/C19H23B2BrN4O5S/c1-10(17(27)28)26-19(20,21)13-3-2-11(8-15(13)32(26,29)30)16-14(22)9-23-18(25-16)24-12-4-6-31-7-5-12/h2-3,8-10,12H,4-7,20-21H2,1H3,(H,27,28)(H,23,24,25)/t10-/m1/s1. The average molecular weight is 521 g/mol. The van der Waals surface area contributed by atoms with Crippen molar-refractivity contribution in [3.63, 3.8) is 0 Å². The van der Waals surface area contributed by atoms with E-state index >= 15 is 0 Å². The summed E-state index contributed by atoms with van der Waals surface area (Å²) >= 11 is 3.47. The second-order valence-corrected chi connectivity index (χ2v) is 11.1. The second-order valence-electron chi connectivity index (χ2n) is 8.51. The number of sulfonamides is 1. The van der Waals surface area contributed by atoms with Crippen LogP contribution in [-0.2, 0) is 24.9 Å². The monoisotopic (exact) mass is 520 g/mol. The van der Waals surface area contributed by atoms with E-state index in [0.29, 0.717) is 40.5 Å². The summed E-state index contributed by atoms with van der Waals surface area (Å²) in [7, 11) is -0.582. The fourth-order valence-electron chi connectivity index (χ4n) is 4.37. The third kappa shape index (κ3) is 3.95. The maximum absolute atomic E-state index is 13.3. The zero-order valence-electron chi connectivity index (χ0n) is 18.0. The Morgan fingerprint density at radius 1 is 1.38 bits per heavy atom. The molecule has 2 aromatic rings. The number of rotatable bonds is 5. The molecule has 4 rings (SSSR count). The molecule has 1 saturated heterocycles. The Bertz CT molecular complexity index is 1170. The van der Waals surface area contributed by atoms with Gasteiger partial charge in [-0.15, -0.1) is 0 Å². The zero-order chi connectivity index (χ0) is 23.3. The summed E-state index contributed by atoms with van der Waals surface area (Å²) in [5.41, 5.74) is 1.70. The van der Waals surface area contributed by atoms with Crippen molar-refractivity contribution < 1.29 is 23.1 Å². The highest BCUT2D eigenvalue weighted by Crippen LogP contribution is 2.43. The zero-order valence-corrected chi connectivity index (χ0v) is 20.4. The molecule has 2 aliphatic rings. The highest BCUT2D eigenvalue weighted by molar-refractivity contribution is 9.10. The molecule has 168 valence electrons. The summed E-state index contributed by atoms with van der Waals surface area (Å²) in [5.74, 6) is -0.739. The molecule has 13 heteroatoms. The summed E-state index contributed by atoms with van der Waals surface area (Å²) in [6.45, 7) is 2.75. The van der Waals surface area contributed by atoms with Gasteiger partial charge in [-0.05, 0) is 47.3 Å². The molecule has 0 unspecified atom stereocenters. The van der Waals surface area contributed by atoms with Crippen LogP contribution < -0.4 is 5.32 Å². The van der Waals surface area contributed by atoms with E-state index in [1.54, 1.807) is 40.1 Å². The molecule has 0 radical (unpaired) electrons. The number of hydrogen-bond acceptors (Lipinski definition) is 7. The van der Waals surface area contributed by atoms with Gasteiger partial charge in [0.2, 0.25) is 16.0 Å². The topological polar surface area (TPSA) is 122 Å². The first kappa shape index (κ1) is 23.2. The molecule has 32 heavy (non-hydrogen) atoms. The van der Waals surface area contributed by atoms with Crippen molar-refractivity contribution in [3.05, 3.63) is 34.4 Å². The Kier molecular flexibility index (Phi) is 6.12. The van der Waals surface area contributed by atoms with Crippen molar-refractivity contribution in [2.45, 2.75) is 42.1 Å². The van der Waals surface area contributed by atoms with Crippen LogP contribution in [0.25, 0.3) is 11.3 Å². The van der Waals surface area contributed by atoms with E-state index in [0.717, 1.165) is 17.1 Å². The molecule has 1 fully saturated rings. The van der Waals surface area contributed by atoms with E-state index in [1.807, 2.05) is 0 Å². The first-order valence-electron chi connectivity index (χ1n) is 10.3. The molecule has 0 bridgehead atoms. The highest BCUT2D eigenvalue weighted by Gasteiger charge is 2.51. The van der Waals surface area contributed by atoms with Crippen molar-refractivity contribution in [1.29, 1.82) is 0 Å². The number of fused-ring (bicyclic) bond motifs is 1. The lowest BCUT2D eigenvalue weighted by molar-refractivity contribution is -0.141. The molecule has 2 aliphatic heterocycles.